The predicted octanol–water partition coefficient (Wildman–Crippen LogP) is 3.97. The van der Waals surface area contributed by atoms with Gasteiger partial charge in [0.15, 0.2) is 0 Å². The molecule has 104 valence electrons. The highest BCUT2D eigenvalue weighted by Crippen LogP contribution is 2.32. The van der Waals surface area contributed by atoms with Crippen LogP contribution in [-0.4, -0.2) is 6.61 Å². The Kier molecular flexibility index (Phi) is 4.20. The number of nitrogens with zero attached hydrogens (tertiary/aromatic N) is 2. The van der Waals surface area contributed by atoms with Crippen molar-refractivity contribution in [2.24, 2.45) is 10.2 Å². The first-order valence-electron chi connectivity index (χ1n) is 6.40. The molecule has 0 aliphatic rings. The lowest BCUT2D eigenvalue weighted by molar-refractivity contribution is 0.341. The summed E-state index contributed by atoms with van der Waals surface area (Å²) in [6.45, 7) is 4.40. The summed E-state index contributed by atoms with van der Waals surface area (Å²) in [7, 11) is 0. The van der Waals surface area contributed by atoms with Gasteiger partial charge in [-0.3, -0.25) is 0 Å². The van der Waals surface area contributed by atoms with Crippen LogP contribution in [0.5, 0.6) is 5.75 Å². The van der Waals surface area contributed by atoms with E-state index in [0.29, 0.717) is 29.4 Å². The molecule has 0 saturated heterocycles. The molecule has 5 nitrogen and oxygen atoms in total. The van der Waals surface area contributed by atoms with Gasteiger partial charge < -0.3 is 16.2 Å². The lowest BCUT2D eigenvalue weighted by Gasteiger charge is -2.07. The predicted molar refractivity (Wildman–Crippen MR) is 81.8 cm³/mol. The largest absolute Gasteiger partial charge is 0.491 e. The maximum absolute atomic E-state index is 5.74. The molecule has 0 aliphatic carbocycles. The molecule has 0 amide bonds. The van der Waals surface area contributed by atoms with Gasteiger partial charge in [-0.2, -0.15) is 5.11 Å². The van der Waals surface area contributed by atoms with Crippen molar-refractivity contribution in [1.82, 2.24) is 0 Å². The minimum absolute atomic E-state index is 0.548. The fourth-order valence-corrected chi connectivity index (χ4v) is 1.78. The Balaban J connectivity index is 2.31. The van der Waals surface area contributed by atoms with Crippen LogP contribution in [0.4, 0.5) is 22.7 Å². The van der Waals surface area contributed by atoms with Crippen molar-refractivity contribution >= 4 is 22.7 Å². The van der Waals surface area contributed by atoms with Gasteiger partial charge in [-0.15, -0.1) is 5.11 Å². The van der Waals surface area contributed by atoms with Crippen LogP contribution in [0.1, 0.15) is 12.5 Å². The average Bonchev–Trinajstić information content (AvgIpc) is 2.40. The van der Waals surface area contributed by atoms with Crippen LogP contribution in [0.15, 0.2) is 46.6 Å². The summed E-state index contributed by atoms with van der Waals surface area (Å²) in [4.78, 5) is 0. The summed E-state index contributed by atoms with van der Waals surface area (Å²) in [6.07, 6.45) is 0. The van der Waals surface area contributed by atoms with Gasteiger partial charge in [-0.1, -0.05) is 0 Å². The summed E-state index contributed by atoms with van der Waals surface area (Å²) in [5.41, 5.74) is 15.2. The van der Waals surface area contributed by atoms with Gasteiger partial charge in [-0.25, -0.2) is 0 Å². The second kappa shape index (κ2) is 6.06. The number of ether oxygens (including phenoxy) is 1. The molecule has 2 rings (SSSR count). The first-order valence-corrected chi connectivity index (χ1v) is 6.40. The molecule has 20 heavy (non-hydrogen) atoms. The van der Waals surface area contributed by atoms with Crippen LogP contribution in [0.25, 0.3) is 0 Å². The Morgan fingerprint density at radius 3 is 2.20 bits per heavy atom. The molecule has 0 fully saturated rings. The second-order valence-electron chi connectivity index (χ2n) is 4.41. The van der Waals surface area contributed by atoms with E-state index < -0.39 is 0 Å². The van der Waals surface area contributed by atoms with Crippen LogP contribution in [0.3, 0.4) is 0 Å². The Hall–Kier alpha value is -2.56. The van der Waals surface area contributed by atoms with Crippen molar-refractivity contribution in [3.05, 3.63) is 42.0 Å². The molecule has 0 aliphatic heterocycles. The molecular formula is C15H18N4O. The number of nitrogen functional groups attached to an aromatic ring is 2. The van der Waals surface area contributed by atoms with E-state index in [-0.39, 0.29) is 0 Å². The Morgan fingerprint density at radius 1 is 0.950 bits per heavy atom. The quantitative estimate of drug-likeness (QED) is 0.651. The summed E-state index contributed by atoms with van der Waals surface area (Å²) in [6, 6.07) is 10.8. The third-order valence-electron chi connectivity index (χ3n) is 2.77. The van der Waals surface area contributed by atoms with Crippen LogP contribution >= 0.6 is 0 Å². The Bertz CT molecular complexity index is 638. The molecule has 0 atom stereocenters. The fraction of sp³-hybridized carbons (Fsp3) is 0.200. The van der Waals surface area contributed by atoms with E-state index in [1.165, 1.54) is 0 Å². The number of hydrogen-bond donors (Lipinski definition) is 2. The topological polar surface area (TPSA) is 86.0 Å². The second-order valence-corrected chi connectivity index (χ2v) is 4.41. The molecule has 5 heteroatoms. The van der Waals surface area contributed by atoms with E-state index in [2.05, 4.69) is 10.2 Å². The molecule has 0 spiro atoms. The highest BCUT2D eigenvalue weighted by Gasteiger charge is 2.04. The number of anilines is 2. The SMILES string of the molecule is CCOc1cc(N)ccc1/N=N/c1ccc(N)cc1C. The average molecular weight is 270 g/mol. The van der Waals surface area contributed by atoms with Gasteiger partial charge >= 0.3 is 0 Å². The lowest BCUT2D eigenvalue weighted by Crippen LogP contribution is -1.93. The zero-order valence-electron chi connectivity index (χ0n) is 11.6. The van der Waals surface area contributed by atoms with E-state index in [1.54, 1.807) is 24.3 Å². The first kappa shape index (κ1) is 13.9. The maximum Gasteiger partial charge on any atom is 0.148 e. The number of hydrogen-bond acceptors (Lipinski definition) is 5. The third kappa shape index (κ3) is 3.26. The van der Waals surface area contributed by atoms with Crippen LogP contribution in [-0.2, 0) is 0 Å². The fourth-order valence-electron chi connectivity index (χ4n) is 1.78. The third-order valence-corrected chi connectivity index (χ3v) is 2.77. The van der Waals surface area contributed by atoms with Crippen molar-refractivity contribution in [2.75, 3.05) is 18.1 Å². The maximum atomic E-state index is 5.74. The summed E-state index contributed by atoms with van der Waals surface area (Å²) in [5.74, 6) is 0.629. The Labute approximate surface area is 118 Å². The molecule has 0 unspecified atom stereocenters. The standard InChI is InChI=1S/C15H18N4O/c1-3-20-15-9-12(17)5-7-14(15)19-18-13-6-4-11(16)8-10(13)2/h4-9H,3,16-17H2,1-2H3/b19-18+. The zero-order chi connectivity index (χ0) is 14.5. The lowest BCUT2D eigenvalue weighted by atomic mass is 10.2. The summed E-state index contributed by atoms with van der Waals surface area (Å²) < 4.78 is 5.50. The van der Waals surface area contributed by atoms with Crippen molar-refractivity contribution < 1.29 is 4.74 Å². The van der Waals surface area contributed by atoms with E-state index in [9.17, 15) is 0 Å². The van der Waals surface area contributed by atoms with Crippen LogP contribution < -0.4 is 16.2 Å². The number of benzene rings is 2. The van der Waals surface area contributed by atoms with Crippen molar-refractivity contribution in [2.45, 2.75) is 13.8 Å². The van der Waals surface area contributed by atoms with Gasteiger partial charge in [-0.05, 0) is 49.7 Å². The molecule has 2 aromatic rings. The Morgan fingerprint density at radius 2 is 1.55 bits per heavy atom. The zero-order valence-corrected chi connectivity index (χ0v) is 11.6. The van der Waals surface area contributed by atoms with Crippen LogP contribution in [0, 0.1) is 6.92 Å². The first-order chi connectivity index (χ1) is 9.60. The van der Waals surface area contributed by atoms with Crippen molar-refractivity contribution in [1.29, 1.82) is 0 Å². The van der Waals surface area contributed by atoms with E-state index >= 15 is 0 Å². The van der Waals surface area contributed by atoms with E-state index in [4.69, 9.17) is 16.2 Å². The highest BCUT2D eigenvalue weighted by atomic mass is 16.5. The molecular weight excluding hydrogens is 252 g/mol. The normalized spacial score (nSPS) is 10.9. The summed E-state index contributed by atoms with van der Waals surface area (Å²) >= 11 is 0. The van der Waals surface area contributed by atoms with Crippen molar-refractivity contribution in [3.8, 4) is 5.75 Å². The molecule has 0 bridgehead atoms. The van der Waals surface area contributed by atoms with E-state index in [0.717, 1.165) is 11.3 Å². The van der Waals surface area contributed by atoms with Gasteiger partial charge in [0.2, 0.25) is 0 Å². The van der Waals surface area contributed by atoms with E-state index in [1.807, 2.05) is 26.0 Å². The molecule has 0 saturated carbocycles. The molecule has 0 heterocycles. The molecule has 2 aromatic carbocycles. The van der Waals surface area contributed by atoms with Crippen molar-refractivity contribution in [3.63, 3.8) is 0 Å². The summed E-state index contributed by atoms with van der Waals surface area (Å²) in [5, 5.41) is 8.47. The van der Waals surface area contributed by atoms with Gasteiger partial charge in [0, 0.05) is 17.4 Å². The molecule has 0 radical (unpaired) electrons. The van der Waals surface area contributed by atoms with Gasteiger partial charge in [0.05, 0.1) is 12.3 Å². The smallest absolute Gasteiger partial charge is 0.148 e. The molecule has 0 aromatic heterocycles. The van der Waals surface area contributed by atoms with Crippen LogP contribution in [0.2, 0.25) is 0 Å². The number of nitrogens with two attached hydrogens (primary N) is 2. The highest BCUT2D eigenvalue weighted by molar-refractivity contribution is 5.60. The van der Waals surface area contributed by atoms with Gasteiger partial charge in [0.1, 0.15) is 11.4 Å². The van der Waals surface area contributed by atoms with Gasteiger partial charge in [0.25, 0.3) is 0 Å². The minimum Gasteiger partial charge on any atom is -0.491 e. The number of aryl methyl sites for hydroxylation is 1. The molecule has 4 N–H and O–H groups in total. The number of azo groups is 1. The monoisotopic (exact) mass is 270 g/mol. The minimum atomic E-state index is 0.548. The number of rotatable bonds is 4.